The Balaban J connectivity index is 2.45. The molecule has 2 aromatic rings. The van der Waals surface area contributed by atoms with Crippen LogP contribution in [0.2, 0.25) is 0 Å². The molecule has 4 nitrogen and oxygen atoms in total. The number of benzene rings is 2. The largest absolute Gasteiger partial charge is 0.444 e. The molecule has 0 unspecified atom stereocenters. The molecule has 0 saturated heterocycles. The standard InChI is InChI=1S/C12H6F3NO3/c13-7-5-8(14)12(9(15)6-7)19-11-4-2-1-3-10(11)16(17)18/h1-6H. The van der Waals surface area contributed by atoms with Gasteiger partial charge in [-0.25, -0.2) is 13.2 Å². The Morgan fingerprint density at radius 2 is 1.63 bits per heavy atom. The van der Waals surface area contributed by atoms with Crippen molar-refractivity contribution in [3.63, 3.8) is 0 Å². The number of hydrogen-bond donors (Lipinski definition) is 0. The van der Waals surface area contributed by atoms with Gasteiger partial charge in [0.2, 0.25) is 5.75 Å². The summed E-state index contributed by atoms with van der Waals surface area (Å²) >= 11 is 0. The number of nitro groups is 1. The van der Waals surface area contributed by atoms with Crippen LogP contribution in [0.25, 0.3) is 0 Å². The summed E-state index contributed by atoms with van der Waals surface area (Å²) < 4.78 is 44.2. The molecule has 19 heavy (non-hydrogen) atoms. The SMILES string of the molecule is O=[N+]([O-])c1ccccc1Oc1c(F)cc(F)cc1F. The van der Waals surface area contributed by atoms with Crippen molar-refractivity contribution in [3.8, 4) is 11.5 Å². The zero-order valence-corrected chi connectivity index (χ0v) is 9.27. The van der Waals surface area contributed by atoms with Crippen LogP contribution in [0, 0.1) is 27.6 Å². The van der Waals surface area contributed by atoms with E-state index < -0.39 is 33.8 Å². The molecule has 0 aromatic heterocycles. The number of para-hydroxylation sites is 2. The van der Waals surface area contributed by atoms with Crippen LogP contribution in [0.3, 0.4) is 0 Å². The van der Waals surface area contributed by atoms with E-state index in [4.69, 9.17) is 4.74 Å². The van der Waals surface area contributed by atoms with Crippen LogP contribution in [0.1, 0.15) is 0 Å². The van der Waals surface area contributed by atoms with Crippen molar-refractivity contribution in [3.05, 3.63) is 64.0 Å². The number of nitrogens with zero attached hydrogens (tertiary/aromatic N) is 1. The molecule has 7 heteroatoms. The molecular weight excluding hydrogens is 263 g/mol. The first-order valence-corrected chi connectivity index (χ1v) is 5.05. The lowest BCUT2D eigenvalue weighted by molar-refractivity contribution is -0.385. The Morgan fingerprint density at radius 1 is 1.05 bits per heavy atom. The second-order valence-corrected chi connectivity index (χ2v) is 3.53. The number of ether oxygens (including phenoxy) is 1. The molecule has 2 aromatic carbocycles. The lowest BCUT2D eigenvalue weighted by Gasteiger charge is -2.08. The van der Waals surface area contributed by atoms with Gasteiger partial charge in [0.1, 0.15) is 5.82 Å². The first-order valence-electron chi connectivity index (χ1n) is 5.05. The molecule has 0 saturated carbocycles. The topological polar surface area (TPSA) is 52.4 Å². The van der Waals surface area contributed by atoms with Gasteiger partial charge < -0.3 is 4.74 Å². The zero-order chi connectivity index (χ0) is 14.0. The summed E-state index contributed by atoms with van der Waals surface area (Å²) in [6.07, 6.45) is 0. The van der Waals surface area contributed by atoms with E-state index >= 15 is 0 Å². The monoisotopic (exact) mass is 269 g/mol. The molecule has 0 N–H and O–H groups in total. The molecule has 0 aliphatic rings. The van der Waals surface area contributed by atoms with Gasteiger partial charge in [-0.3, -0.25) is 10.1 Å². The second kappa shape index (κ2) is 4.97. The maximum Gasteiger partial charge on any atom is 0.311 e. The van der Waals surface area contributed by atoms with Crippen molar-refractivity contribution in [1.82, 2.24) is 0 Å². The van der Waals surface area contributed by atoms with Gasteiger partial charge in [0.25, 0.3) is 0 Å². The summed E-state index contributed by atoms with van der Waals surface area (Å²) in [4.78, 5) is 9.96. The van der Waals surface area contributed by atoms with Crippen LogP contribution >= 0.6 is 0 Å². The maximum absolute atomic E-state index is 13.4. The number of halogens is 3. The summed E-state index contributed by atoms with van der Waals surface area (Å²) in [6.45, 7) is 0. The molecule has 0 aliphatic heterocycles. The molecule has 0 fully saturated rings. The molecule has 0 heterocycles. The molecule has 0 radical (unpaired) electrons. The van der Waals surface area contributed by atoms with E-state index in [1.807, 2.05) is 0 Å². The average Bonchev–Trinajstić information content (AvgIpc) is 2.34. The number of rotatable bonds is 3. The van der Waals surface area contributed by atoms with Crippen molar-refractivity contribution in [2.45, 2.75) is 0 Å². The third-order valence-electron chi connectivity index (χ3n) is 2.24. The average molecular weight is 269 g/mol. The molecule has 0 atom stereocenters. The minimum absolute atomic E-state index is 0.336. The van der Waals surface area contributed by atoms with Gasteiger partial charge in [0, 0.05) is 18.2 Å². The Labute approximate surface area is 105 Å². The third-order valence-corrected chi connectivity index (χ3v) is 2.24. The first kappa shape index (κ1) is 12.9. The normalized spacial score (nSPS) is 10.3. The zero-order valence-electron chi connectivity index (χ0n) is 9.27. The van der Waals surface area contributed by atoms with Crippen molar-refractivity contribution in [1.29, 1.82) is 0 Å². The van der Waals surface area contributed by atoms with E-state index in [2.05, 4.69) is 0 Å². The summed E-state index contributed by atoms with van der Waals surface area (Å²) in [7, 11) is 0. The van der Waals surface area contributed by atoms with Gasteiger partial charge in [-0.05, 0) is 6.07 Å². The molecule has 0 aliphatic carbocycles. The van der Waals surface area contributed by atoms with Gasteiger partial charge in [-0.1, -0.05) is 12.1 Å². The van der Waals surface area contributed by atoms with Gasteiger partial charge in [-0.15, -0.1) is 0 Å². The lowest BCUT2D eigenvalue weighted by Crippen LogP contribution is -1.97. The van der Waals surface area contributed by atoms with Crippen molar-refractivity contribution < 1.29 is 22.8 Å². The van der Waals surface area contributed by atoms with E-state index in [0.29, 0.717) is 12.1 Å². The quantitative estimate of drug-likeness (QED) is 0.629. The predicted octanol–water partition coefficient (Wildman–Crippen LogP) is 3.80. The molecule has 0 bridgehead atoms. The summed E-state index contributed by atoms with van der Waals surface area (Å²) in [5.74, 6) is -4.90. The predicted molar refractivity (Wildman–Crippen MR) is 59.5 cm³/mol. The molecular formula is C12H6F3NO3. The fourth-order valence-electron chi connectivity index (χ4n) is 1.43. The highest BCUT2D eigenvalue weighted by Gasteiger charge is 2.19. The molecule has 0 amide bonds. The smallest absolute Gasteiger partial charge is 0.311 e. The maximum atomic E-state index is 13.4. The molecule has 98 valence electrons. The summed E-state index contributed by atoms with van der Waals surface area (Å²) in [5, 5.41) is 10.7. The van der Waals surface area contributed by atoms with Gasteiger partial charge in [0.05, 0.1) is 4.92 Å². The number of hydrogen-bond acceptors (Lipinski definition) is 3. The van der Waals surface area contributed by atoms with Gasteiger partial charge in [0.15, 0.2) is 17.4 Å². The van der Waals surface area contributed by atoms with E-state index in [-0.39, 0.29) is 5.75 Å². The van der Waals surface area contributed by atoms with E-state index in [0.717, 1.165) is 6.07 Å². The van der Waals surface area contributed by atoms with Crippen LogP contribution in [-0.2, 0) is 0 Å². The highest BCUT2D eigenvalue weighted by molar-refractivity contribution is 5.48. The fraction of sp³-hybridized carbons (Fsp3) is 0. The van der Waals surface area contributed by atoms with Crippen LogP contribution < -0.4 is 4.74 Å². The Kier molecular flexibility index (Phi) is 3.37. The van der Waals surface area contributed by atoms with Gasteiger partial charge in [-0.2, -0.15) is 0 Å². The van der Waals surface area contributed by atoms with Crippen molar-refractivity contribution in [2.75, 3.05) is 0 Å². The highest BCUT2D eigenvalue weighted by Crippen LogP contribution is 2.33. The van der Waals surface area contributed by atoms with Crippen LogP contribution in [0.4, 0.5) is 18.9 Å². The molecule has 2 rings (SSSR count). The lowest BCUT2D eigenvalue weighted by atomic mass is 10.3. The fourth-order valence-corrected chi connectivity index (χ4v) is 1.43. The van der Waals surface area contributed by atoms with E-state index in [9.17, 15) is 23.3 Å². The van der Waals surface area contributed by atoms with E-state index in [1.165, 1.54) is 18.2 Å². The van der Waals surface area contributed by atoms with E-state index in [1.54, 1.807) is 0 Å². The minimum Gasteiger partial charge on any atom is -0.444 e. The van der Waals surface area contributed by atoms with Gasteiger partial charge >= 0.3 is 5.69 Å². The summed E-state index contributed by atoms with van der Waals surface area (Å²) in [6, 6.07) is 5.93. The summed E-state index contributed by atoms with van der Waals surface area (Å²) in [5.41, 5.74) is -0.453. The van der Waals surface area contributed by atoms with Crippen molar-refractivity contribution >= 4 is 5.69 Å². The molecule has 0 spiro atoms. The Bertz CT molecular complexity index is 623. The first-order chi connectivity index (χ1) is 8.99. The number of nitro benzene ring substituents is 1. The second-order valence-electron chi connectivity index (χ2n) is 3.53. The highest BCUT2D eigenvalue weighted by atomic mass is 19.1. The van der Waals surface area contributed by atoms with Crippen LogP contribution in [0.15, 0.2) is 36.4 Å². The third kappa shape index (κ3) is 2.65. The van der Waals surface area contributed by atoms with Crippen LogP contribution in [-0.4, -0.2) is 4.92 Å². The Morgan fingerprint density at radius 3 is 2.21 bits per heavy atom. The van der Waals surface area contributed by atoms with Crippen molar-refractivity contribution in [2.24, 2.45) is 0 Å². The van der Waals surface area contributed by atoms with Crippen LogP contribution in [0.5, 0.6) is 11.5 Å². The minimum atomic E-state index is -1.28. The Hall–Kier alpha value is -2.57.